The summed E-state index contributed by atoms with van der Waals surface area (Å²) in [5, 5.41) is 2.87. The van der Waals surface area contributed by atoms with Gasteiger partial charge in [0, 0.05) is 31.6 Å². The van der Waals surface area contributed by atoms with Crippen molar-refractivity contribution in [1.82, 2.24) is 10.2 Å². The number of nitrogens with zero attached hydrogens (tertiary/aromatic N) is 1. The van der Waals surface area contributed by atoms with E-state index in [1.807, 2.05) is 6.92 Å². The molecule has 0 bridgehead atoms. The Morgan fingerprint density at radius 3 is 2.32 bits per heavy atom. The molecular formula is C15H31N3O. The lowest BCUT2D eigenvalue weighted by Crippen LogP contribution is -2.54. The SMILES string of the molecule is CCNC(=O)CCN(CC)C1(CN)CCCCCC1. The first kappa shape index (κ1) is 16.4. The average Bonchev–Trinajstić information content (AvgIpc) is 2.66. The smallest absolute Gasteiger partial charge is 0.221 e. The Balaban J connectivity index is 2.60. The zero-order valence-corrected chi connectivity index (χ0v) is 12.7. The summed E-state index contributed by atoms with van der Waals surface area (Å²) in [6.45, 7) is 7.39. The van der Waals surface area contributed by atoms with Crippen LogP contribution in [0.1, 0.15) is 58.8 Å². The van der Waals surface area contributed by atoms with E-state index in [1.165, 1.54) is 38.5 Å². The van der Waals surface area contributed by atoms with Crippen molar-refractivity contribution in [2.24, 2.45) is 5.73 Å². The van der Waals surface area contributed by atoms with Crippen LogP contribution in [0.5, 0.6) is 0 Å². The van der Waals surface area contributed by atoms with Crippen molar-refractivity contribution in [3.05, 3.63) is 0 Å². The normalized spacial score (nSPS) is 19.2. The summed E-state index contributed by atoms with van der Waals surface area (Å²) in [6.07, 6.45) is 8.16. The summed E-state index contributed by atoms with van der Waals surface area (Å²) in [5.74, 6) is 0.154. The Morgan fingerprint density at radius 2 is 1.84 bits per heavy atom. The molecule has 0 spiro atoms. The van der Waals surface area contributed by atoms with E-state index in [0.717, 1.165) is 19.6 Å². The molecular weight excluding hydrogens is 238 g/mol. The van der Waals surface area contributed by atoms with E-state index in [-0.39, 0.29) is 11.4 Å². The standard InChI is InChI=1S/C15H31N3O/c1-3-17-14(19)9-12-18(4-2)15(13-16)10-7-5-6-8-11-15/h3-13,16H2,1-2H3,(H,17,19). The van der Waals surface area contributed by atoms with Crippen molar-refractivity contribution in [1.29, 1.82) is 0 Å². The summed E-state index contributed by atoms with van der Waals surface area (Å²) < 4.78 is 0. The van der Waals surface area contributed by atoms with Gasteiger partial charge in [-0.15, -0.1) is 0 Å². The van der Waals surface area contributed by atoms with E-state index < -0.39 is 0 Å². The molecule has 1 amide bonds. The molecule has 4 nitrogen and oxygen atoms in total. The number of rotatable bonds is 7. The van der Waals surface area contributed by atoms with Crippen molar-refractivity contribution in [2.45, 2.75) is 64.3 Å². The van der Waals surface area contributed by atoms with E-state index in [2.05, 4.69) is 17.1 Å². The highest BCUT2D eigenvalue weighted by atomic mass is 16.1. The Kier molecular flexibility index (Phi) is 7.39. The monoisotopic (exact) mass is 269 g/mol. The second-order valence-corrected chi connectivity index (χ2v) is 5.63. The molecule has 0 aromatic heterocycles. The van der Waals surface area contributed by atoms with Crippen molar-refractivity contribution in [2.75, 3.05) is 26.2 Å². The van der Waals surface area contributed by atoms with Gasteiger partial charge in [-0.05, 0) is 26.3 Å². The van der Waals surface area contributed by atoms with Gasteiger partial charge in [0.25, 0.3) is 0 Å². The molecule has 1 rings (SSSR count). The number of nitrogens with two attached hydrogens (primary N) is 1. The Hall–Kier alpha value is -0.610. The van der Waals surface area contributed by atoms with Crippen LogP contribution in [0, 0.1) is 0 Å². The predicted octanol–water partition coefficient (Wildman–Crippen LogP) is 1.89. The van der Waals surface area contributed by atoms with E-state index in [0.29, 0.717) is 13.0 Å². The fourth-order valence-electron chi connectivity index (χ4n) is 3.29. The van der Waals surface area contributed by atoms with Crippen molar-refractivity contribution < 1.29 is 4.79 Å². The van der Waals surface area contributed by atoms with E-state index in [1.54, 1.807) is 0 Å². The molecule has 1 saturated carbocycles. The lowest BCUT2D eigenvalue weighted by molar-refractivity contribution is -0.121. The van der Waals surface area contributed by atoms with E-state index >= 15 is 0 Å². The van der Waals surface area contributed by atoms with E-state index in [4.69, 9.17) is 5.73 Å². The van der Waals surface area contributed by atoms with Crippen LogP contribution in [-0.4, -0.2) is 42.5 Å². The summed E-state index contributed by atoms with van der Waals surface area (Å²) in [4.78, 5) is 14.1. The molecule has 1 fully saturated rings. The fourth-order valence-corrected chi connectivity index (χ4v) is 3.29. The third kappa shape index (κ3) is 4.77. The number of hydrogen-bond acceptors (Lipinski definition) is 3. The third-order valence-corrected chi connectivity index (χ3v) is 4.45. The maximum atomic E-state index is 11.6. The number of likely N-dealkylation sites (N-methyl/N-ethyl adjacent to an activating group) is 1. The molecule has 0 aliphatic heterocycles. The van der Waals surface area contributed by atoms with Gasteiger partial charge in [0.05, 0.1) is 0 Å². The van der Waals surface area contributed by atoms with E-state index in [9.17, 15) is 4.79 Å². The van der Waals surface area contributed by atoms with Crippen LogP contribution >= 0.6 is 0 Å². The topological polar surface area (TPSA) is 58.4 Å². The van der Waals surface area contributed by atoms with Gasteiger partial charge in [-0.3, -0.25) is 9.69 Å². The van der Waals surface area contributed by atoms with Gasteiger partial charge in [0.15, 0.2) is 0 Å². The van der Waals surface area contributed by atoms with Gasteiger partial charge in [-0.25, -0.2) is 0 Å². The molecule has 1 aliphatic rings. The molecule has 0 atom stereocenters. The minimum Gasteiger partial charge on any atom is -0.356 e. The lowest BCUT2D eigenvalue weighted by atomic mass is 9.88. The van der Waals surface area contributed by atoms with Crippen LogP contribution in [0.15, 0.2) is 0 Å². The first-order valence-electron chi connectivity index (χ1n) is 7.90. The van der Waals surface area contributed by atoms with Gasteiger partial charge >= 0.3 is 0 Å². The molecule has 0 aromatic rings. The summed E-state index contributed by atoms with van der Waals surface area (Å²) in [7, 11) is 0. The second-order valence-electron chi connectivity index (χ2n) is 5.63. The molecule has 0 radical (unpaired) electrons. The molecule has 3 N–H and O–H groups in total. The first-order valence-corrected chi connectivity index (χ1v) is 7.90. The van der Waals surface area contributed by atoms with Gasteiger partial charge in [0.1, 0.15) is 0 Å². The van der Waals surface area contributed by atoms with Crippen LogP contribution in [0.25, 0.3) is 0 Å². The Morgan fingerprint density at radius 1 is 1.21 bits per heavy atom. The highest BCUT2D eigenvalue weighted by Gasteiger charge is 2.34. The highest BCUT2D eigenvalue weighted by molar-refractivity contribution is 5.75. The number of carbonyl (C=O) groups excluding carboxylic acids is 1. The first-order chi connectivity index (χ1) is 9.18. The maximum Gasteiger partial charge on any atom is 0.221 e. The summed E-state index contributed by atoms with van der Waals surface area (Å²) >= 11 is 0. The van der Waals surface area contributed by atoms with Crippen LogP contribution in [0.3, 0.4) is 0 Å². The zero-order valence-electron chi connectivity index (χ0n) is 12.7. The predicted molar refractivity (Wildman–Crippen MR) is 80.0 cm³/mol. The quantitative estimate of drug-likeness (QED) is 0.694. The molecule has 0 saturated heterocycles. The third-order valence-electron chi connectivity index (χ3n) is 4.45. The molecule has 0 heterocycles. The summed E-state index contributed by atoms with van der Waals surface area (Å²) in [5.41, 5.74) is 6.24. The minimum atomic E-state index is 0.137. The van der Waals surface area contributed by atoms with Crippen molar-refractivity contribution >= 4 is 5.91 Å². The minimum absolute atomic E-state index is 0.137. The molecule has 112 valence electrons. The Bertz CT molecular complexity index is 260. The van der Waals surface area contributed by atoms with Crippen molar-refractivity contribution in [3.63, 3.8) is 0 Å². The highest BCUT2D eigenvalue weighted by Crippen LogP contribution is 2.31. The van der Waals surface area contributed by atoms with Crippen LogP contribution in [0.2, 0.25) is 0 Å². The number of amides is 1. The lowest BCUT2D eigenvalue weighted by Gasteiger charge is -2.43. The van der Waals surface area contributed by atoms with Crippen LogP contribution in [0.4, 0.5) is 0 Å². The summed E-state index contributed by atoms with van der Waals surface area (Å²) in [6, 6.07) is 0. The fraction of sp³-hybridized carbons (Fsp3) is 0.933. The maximum absolute atomic E-state index is 11.6. The molecule has 4 heteroatoms. The second kappa shape index (κ2) is 8.54. The molecule has 0 unspecified atom stereocenters. The van der Waals surface area contributed by atoms with Gasteiger partial charge < -0.3 is 11.1 Å². The van der Waals surface area contributed by atoms with Crippen LogP contribution < -0.4 is 11.1 Å². The molecule has 0 aromatic carbocycles. The number of carbonyl (C=O) groups is 1. The van der Waals surface area contributed by atoms with Gasteiger partial charge in [-0.2, -0.15) is 0 Å². The largest absolute Gasteiger partial charge is 0.356 e. The zero-order chi connectivity index (χ0) is 14.1. The number of hydrogen-bond donors (Lipinski definition) is 2. The van der Waals surface area contributed by atoms with Crippen molar-refractivity contribution in [3.8, 4) is 0 Å². The van der Waals surface area contributed by atoms with Gasteiger partial charge in [0.2, 0.25) is 5.91 Å². The molecule has 19 heavy (non-hydrogen) atoms. The molecule has 1 aliphatic carbocycles. The van der Waals surface area contributed by atoms with Crippen LogP contribution in [-0.2, 0) is 4.79 Å². The average molecular weight is 269 g/mol. The van der Waals surface area contributed by atoms with Gasteiger partial charge in [-0.1, -0.05) is 32.6 Å². The Labute approximate surface area is 118 Å². The number of nitrogens with one attached hydrogen (secondary N) is 1.